The summed E-state index contributed by atoms with van der Waals surface area (Å²) in [5, 5.41) is 11.5. The Labute approximate surface area is 73.2 Å². The number of aliphatic carboxylic acids is 1. The van der Waals surface area contributed by atoms with Crippen molar-refractivity contribution >= 4 is 5.97 Å². The maximum absolute atomic E-state index is 10.2. The van der Waals surface area contributed by atoms with Gasteiger partial charge in [0.2, 0.25) is 0 Å². The van der Waals surface area contributed by atoms with E-state index in [1.807, 2.05) is 6.92 Å². The summed E-state index contributed by atoms with van der Waals surface area (Å²) >= 11 is 0. The number of hydrogen-bond donors (Lipinski definition) is 2. The van der Waals surface area contributed by atoms with Crippen molar-refractivity contribution in [1.82, 2.24) is 5.32 Å². The lowest BCUT2D eigenvalue weighted by atomic mass is 10.1. The van der Waals surface area contributed by atoms with Crippen molar-refractivity contribution in [2.75, 3.05) is 6.54 Å². The molecule has 0 aromatic heterocycles. The number of nitrogens with one attached hydrogen (secondary N) is 1. The summed E-state index contributed by atoms with van der Waals surface area (Å²) in [6.07, 6.45) is 6.84. The molecular formula is C9H15NO2. The predicted octanol–water partition coefficient (Wildman–Crippen LogP) is 0.853. The predicted molar refractivity (Wildman–Crippen MR) is 47.8 cm³/mol. The summed E-state index contributed by atoms with van der Waals surface area (Å²) in [6.45, 7) is 2.88. The van der Waals surface area contributed by atoms with Gasteiger partial charge in [0.1, 0.15) is 0 Å². The first-order chi connectivity index (χ1) is 5.70. The van der Waals surface area contributed by atoms with Crippen LogP contribution < -0.4 is 5.32 Å². The second-order valence-electron chi connectivity index (χ2n) is 2.61. The van der Waals surface area contributed by atoms with Gasteiger partial charge in [0.15, 0.2) is 0 Å². The number of carboxylic acids is 1. The van der Waals surface area contributed by atoms with Gasteiger partial charge < -0.3 is 10.4 Å². The first-order valence-electron chi connectivity index (χ1n) is 4.12. The van der Waals surface area contributed by atoms with Crippen LogP contribution >= 0.6 is 0 Å². The van der Waals surface area contributed by atoms with E-state index in [1.54, 1.807) is 0 Å². The minimum Gasteiger partial charge on any atom is -0.481 e. The Balaban J connectivity index is 3.55. The largest absolute Gasteiger partial charge is 0.481 e. The van der Waals surface area contributed by atoms with Crippen LogP contribution in [0.25, 0.3) is 0 Å². The number of terminal acetylenes is 1. The third-order valence-corrected chi connectivity index (χ3v) is 1.49. The van der Waals surface area contributed by atoms with E-state index in [0.29, 0.717) is 6.42 Å². The molecule has 1 unspecified atom stereocenters. The molecule has 3 heteroatoms. The van der Waals surface area contributed by atoms with Gasteiger partial charge in [-0.2, -0.15) is 0 Å². The summed E-state index contributed by atoms with van der Waals surface area (Å²) in [6, 6.07) is -0.0963. The Bertz CT molecular complexity index is 172. The molecule has 0 rings (SSSR count). The van der Waals surface area contributed by atoms with Gasteiger partial charge in [-0.1, -0.05) is 12.8 Å². The van der Waals surface area contributed by atoms with Crippen molar-refractivity contribution < 1.29 is 9.90 Å². The van der Waals surface area contributed by atoms with Gasteiger partial charge in [0.25, 0.3) is 0 Å². The molecule has 0 aromatic carbocycles. The van der Waals surface area contributed by atoms with Crippen molar-refractivity contribution in [2.24, 2.45) is 0 Å². The molecule has 3 nitrogen and oxygen atoms in total. The van der Waals surface area contributed by atoms with E-state index in [2.05, 4.69) is 11.2 Å². The summed E-state index contributed by atoms with van der Waals surface area (Å²) < 4.78 is 0. The second-order valence-corrected chi connectivity index (χ2v) is 2.61. The zero-order chi connectivity index (χ0) is 9.40. The Kier molecular flexibility index (Phi) is 6.12. The van der Waals surface area contributed by atoms with Crippen LogP contribution in [0.5, 0.6) is 0 Å². The minimum atomic E-state index is -0.798. The second kappa shape index (κ2) is 6.68. The quantitative estimate of drug-likeness (QED) is 0.580. The van der Waals surface area contributed by atoms with Gasteiger partial charge >= 0.3 is 5.97 Å². The molecule has 0 radical (unpaired) electrons. The van der Waals surface area contributed by atoms with Crippen LogP contribution in [0.2, 0.25) is 0 Å². The molecule has 0 fully saturated rings. The van der Waals surface area contributed by atoms with Crippen LogP contribution in [0.15, 0.2) is 0 Å². The standard InChI is InChI=1S/C9H15NO2/c1-3-7-10-8(4-2)5-6-9(11)12/h2,8,10H,3,5-7H2,1H3,(H,11,12). The monoisotopic (exact) mass is 169 g/mol. The average molecular weight is 169 g/mol. The SMILES string of the molecule is C#CC(CCC(=O)O)NCCC. The molecule has 0 heterocycles. The van der Waals surface area contributed by atoms with E-state index < -0.39 is 5.97 Å². The molecule has 12 heavy (non-hydrogen) atoms. The number of rotatable bonds is 6. The summed E-state index contributed by atoms with van der Waals surface area (Å²) in [7, 11) is 0. The van der Waals surface area contributed by atoms with E-state index in [1.165, 1.54) is 0 Å². The lowest BCUT2D eigenvalue weighted by Crippen LogP contribution is -2.28. The molecule has 1 atom stereocenters. The van der Waals surface area contributed by atoms with Crippen LogP contribution in [-0.4, -0.2) is 23.7 Å². The topological polar surface area (TPSA) is 49.3 Å². The molecule has 0 spiro atoms. The van der Waals surface area contributed by atoms with Gasteiger partial charge in [-0.15, -0.1) is 6.42 Å². The molecule has 0 aliphatic heterocycles. The highest BCUT2D eigenvalue weighted by atomic mass is 16.4. The van der Waals surface area contributed by atoms with E-state index in [-0.39, 0.29) is 12.5 Å². The molecule has 0 saturated heterocycles. The maximum atomic E-state index is 10.2. The van der Waals surface area contributed by atoms with Crippen LogP contribution in [0.4, 0.5) is 0 Å². The maximum Gasteiger partial charge on any atom is 0.303 e. The smallest absolute Gasteiger partial charge is 0.303 e. The summed E-state index contributed by atoms with van der Waals surface area (Å²) in [5.41, 5.74) is 0. The lowest BCUT2D eigenvalue weighted by molar-refractivity contribution is -0.137. The fourth-order valence-corrected chi connectivity index (χ4v) is 0.831. The van der Waals surface area contributed by atoms with Crippen LogP contribution in [0, 0.1) is 12.3 Å². The molecule has 0 amide bonds. The van der Waals surface area contributed by atoms with E-state index in [0.717, 1.165) is 13.0 Å². The van der Waals surface area contributed by atoms with Crippen LogP contribution in [0.3, 0.4) is 0 Å². The molecule has 0 bridgehead atoms. The zero-order valence-corrected chi connectivity index (χ0v) is 7.34. The van der Waals surface area contributed by atoms with Gasteiger partial charge in [-0.05, 0) is 19.4 Å². The van der Waals surface area contributed by atoms with Gasteiger partial charge in [-0.25, -0.2) is 0 Å². The Morgan fingerprint density at radius 2 is 2.42 bits per heavy atom. The van der Waals surface area contributed by atoms with Gasteiger partial charge in [0, 0.05) is 6.42 Å². The average Bonchev–Trinajstić information content (AvgIpc) is 2.05. The first-order valence-corrected chi connectivity index (χ1v) is 4.12. The fraction of sp³-hybridized carbons (Fsp3) is 0.667. The molecule has 0 aliphatic rings. The zero-order valence-electron chi connectivity index (χ0n) is 7.34. The van der Waals surface area contributed by atoms with Crippen molar-refractivity contribution in [3.63, 3.8) is 0 Å². The number of carboxylic acid groups (broad SMARTS) is 1. The molecule has 68 valence electrons. The molecule has 0 aliphatic carbocycles. The molecular weight excluding hydrogens is 154 g/mol. The Morgan fingerprint density at radius 1 is 1.75 bits per heavy atom. The molecule has 0 saturated carbocycles. The highest BCUT2D eigenvalue weighted by Crippen LogP contribution is 1.95. The Morgan fingerprint density at radius 3 is 2.83 bits per heavy atom. The number of carbonyl (C=O) groups is 1. The summed E-state index contributed by atoms with van der Waals surface area (Å²) in [5.74, 6) is 1.72. The first kappa shape index (κ1) is 11.0. The Hall–Kier alpha value is -1.01. The molecule has 2 N–H and O–H groups in total. The van der Waals surface area contributed by atoms with E-state index >= 15 is 0 Å². The van der Waals surface area contributed by atoms with Crippen molar-refractivity contribution in [1.29, 1.82) is 0 Å². The van der Waals surface area contributed by atoms with Crippen LogP contribution in [0.1, 0.15) is 26.2 Å². The fourth-order valence-electron chi connectivity index (χ4n) is 0.831. The molecule has 0 aromatic rings. The summed E-state index contributed by atoms with van der Waals surface area (Å²) in [4.78, 5) is 10.2. The highest BCUT2D eigenvalue weighted by Gasteiger charge is 2.05. The van der Waals surface area contributed by atoms with Gasteiger partial charge in [0.05, 0.1) is 6.04 Å². The van der Waals surface area contributed by atoms with Crippen molar-refractivity contribution in [3.8, 4) is 12.3 Å². The number of hydrogen-bond acceptors (Lipinski definition) is 2. The van der Waals surface area contributed by atoms with E-state index in [4.69, 9.17) is 11.5 Å². The normalized spacial score (nSPS) is 12.0. The minimum absolute atomic E-state index is 0.0963. The lowest BCUT2D eigenvalue weighted by Gasteiger charge is -2.09. The van der Waals surface area contributed by atoms with E-state index in [9.17, 15) is 4.79 Å². The van der Waals surface area contributed by atoms with Crippen molar-refractivity contribution in [2.45, 2.75) is 32.2 Å². The van der Waals surface area contributed by atoms with Crippen molar-refractivity contribution in [3.05, 3.63) is 0 Å². The highest BCUT2D eigenvalue weighted by molar-refractivity contribution is 5.66. The van der Waals surface area contributed by atoms with Crippen LogP contribution in [-0.2, 0) is 4.79 Å². The third kappa shape index (κ3) is 5.75. The van der Waals surface area contributed by atoms with Gasteiger partial charge in [-0.3, -0.25) is 4.79 Å². The third-order valence-electron chi connectivity index (χ3n) is 1.49.